The number of nitrogens with zero attached hydrogens (tertiary/aromatic N) is 3. The van der Waals surface area contributed by atoms with Crippen molar-refractivity contribution in [3.05, 3.63) is 46.4 Å². The maximum absolute atomic E-state index is 12.0. The lowest BCUT2D eigenvalue weighted by molar-refractivity contribution is 0.0946. The van der Waals surface area contributed by atoms with Crippen molar-refractivity contribution in [3.8, 4) is 0 Å². The van der Waals surface area contributed by atoms with Crippen LogP contribution >= 0.6 is 11.3 Å². The Bertz CT molecular complexity index is 664. The van der Waals surface area contributed by atoms with Crippen molar-refractivity contribution in [2.24, 2.45) is 5.92 Å². The van der Waals surface area contributed by atoms with Gasteiger partial charge in [-0.15, -0.1) is 16.4 Å². The molecule has 0 radical (unpaired) electrons. The average molecular weight is 345 g/mol. The highest BCUT2D eigenvalue weighted by Gasteiger charge is 2.11. The number of rotatable bonds is 8. The zero-order valence-corrected chi connectivity index (χ0v) is 14.5. The van der Waals surface area contributed by atoms with Gasteiger partial charge in [0.2, 0.25) is 0 Å². The highest BCUT2D eigenvalue weighted by atomic mass is 32.1. The number of carbonyl (C=O) groups is 1. The van der Waals surface area contributed by atoms with Crippen LogP contribution in [0.4, 0.5) is 0 Å². The molecule has 7 heteroatoms. The number of amides is 1. The molecule has 1 atom stereocenters. The van der Waals surface area contributed by atoms with Crippen molar-refractivity contribution in [1.29, 1.82) is 0 Å². The van der Waals surface area contributed by atoms with E-state index in [4.69, 9.17) is 0 Å². The Kier molecular flexibility index (Phi) is 6.14. The van der Waals surface area contributed by atoms with Crippen LogP contribution in [0.15, 0.2) is 35.9 Å². The lowest BCUT2D eigenvalue weighted by Gasteiger charge is -2.17. The molecule has 0 spiro atoms. The number of hydrogen-bond acceptors (Lipinski definition) is 5. The second-order valence-corrected chi connectivity index (χ2v) is 7.02. The third-order valence-electron chi connectivity index (χ3n) is 4.10. The second kappa shape index (κ2) is 8.75. The molecule has 2 aromatic rings. The van der Waals surface area contributed by atoms with Gasteiger partial charge in [0.05, 0.1) is 19.3 Å². The van der Waals surface area contributed by atoms with Gasteiger partial charge in [0.25, 0.3) is 5.91 Å². The fourth-order valence-electron chi connectivity index (χ4n) is 2.72. The standard InChI is InChI=1S/C17H23N5OS/c23-17(19-12-15-7-4-10-24-15)16-13-22(21-20-16)9-8-18-11-14-5-2-1-3-6-14/h1-2,4,7,10,13-14,18H,3,5-6,8-9,11-12H2,(H,19,23)/t14-/m0/s1. The number of carbonyl (C=O) groups excluding carboxylic acids is 1. The molecule has 2 heterocycles. The van der Waals surface area contributed by atoms with Gasteiger partial charge in [-0.05, 0) is 43.2 Å². The lowest BCUT2D eigenvalue weighted by atomic mass is 9.94. The molecule has 24 heavy (non-hydrogen) atoms. The van der Waals surface area contributed by atoms with Gasteiger partial charge < -0.3 is 10.6 Å². The minimum absolute atomic E-state index is 0.184. The Morgan fingerprint density at radius 1 is 1.42 bits per heavy atom. The fraction of sp³-hybridized carbons (Fsp3) is 0.471. The van der Waals surface area contributed by atoms with Crippen LogP contribution in [-0.4, -0.2) is 34.0 Å². The summed E-state index contributed by atoms with van der Waals surface area (Å²) in [5.74, 6) is 0.556. The first-order valence-corrected chi connectivity index (χ1v) is 9.25. The van der Waals surface area contributed by atoms with E-state index in [9.17, 15) is 4.79 Å². The van der Waals surface area contributed by atoms with Crippen LogP contribution in [0, 0.1) is 5.92 Å². The van der Waals surface area contributed by atoms with Gasteiger partial charge in [-0.3, -0.25) is 9.48 Å². The molecular weight excluding hydrogens is 322 g/mol. The van der Waals surface area contributed by atoms with E-state index in [0.717, 1.165) is 23.9 Å². The van der Waals surface area contributed by atoms with E-state index in [-0.39, 0.29) is 5.91 Å². The SMILES string of the molecule is O=C(NCc1cccs1)c1cn(CCNC[C@H]2CC=CCC2)nn1. The predicted molar refractivity (Wildman–Crippen MR) is 94.9 cm³/mol. The molecule has 0 unspecified atom stereocenters. The van der Waals surface area contributed by atoms with Crippen molar-refractivity contribution >= 4 is 17.2 Å². The van der Waals surface area contributed by atoms with Gasteiger partial charge in [-0.1, -0.05) is 23.4 Å². The summed E-state index contributed by atoms with van der Waals surface area (Å²) in [5.41, 5.74) is 0.365. The van der Waals surface area contributed by atoms with Crippen LogP contribution in [0.3, 0.4) is 0 Å². The maximum atomic E-state index is 12.0. The number of hydrogen-bond donors (Lipinski definition) is 2. The third-order valence-corrected chi connectivity index (χ3v) is 4.98. The number of nitrogens with one attached hydrogen (secondary N) is 2. The molecule has 0 aromatic carbocycles. The van der Waals surface area contributed by atoms with Crippen LogP contribution in [0.25, 0.3) is 0 Å². The summed E-state index contributed by atoms with van der Waals surface area (Å²) in [5, 5.41) is 16.3. The molecule has 3 rings (SSSR count). The largest absolute Gasteiger partial charge is 0.346 e. The van der Waals surface area contributed by atoms with E-state index in [1.807, 2.05) is 17.5 Å². The Morgan fingerprint density at radius 2 is 2.38 bits per heavy atom. The zero-order chi connectivity index (χ0) is 16.6. The van der Waals surface area contributed by atoms with Gasteiger partial charge in [0.1, 0.15) is 0 Å². The Morgan fingerprint density at radius 3 is 3.17 bits per heavy atom. The summed E-state index contributed by atoms with van der Waals surface area (Å²) in [6, 6.07) is 3.97. The normalized spacial score (nSPS) is 17.1. The molecule has 0 aliphatic heterocycles. The molecule has 2 aromatic heterocycles. The lowest BCUT2D eigenvalue weighted by Crippen LogP contribution is -2.27. The van der Waals surface area contributed by atoms with Crippen LogP contribution in [0.2, 0.25) is 0 Å². The van der Waals surface area contributed by atoms with Crippen molar-refractivity contribution in [2.75, 3.05) is 13.1 Å². The molecule has 1 aliphatic carbocycles. The molecule has 0 bridgehead atoms. The highest BCUT2D eigenvalue weighted by molar-refractivity contribution is 7.09. The quantitative estimate of drug-likeness (QED) is 0.568. The van der Waals surface area contributed by atoms with Gasteiger partial charge in [0, 0.05) is 11.4 Å². The van der Waals surface area contributed by atoms with Crippen LogP contribution in [0.5, 0.6) is 0 Å². The van der Waals surface area contributed by atoms with Crippen LogP contribution in [-0.2, 0) is 13.1 Å². The zero-order valence-electron chi connectivity index (χ0n) is 13.6. The van der Waals surface area contributed by atoms with E-state index < -0.39 is 0 Å². The third kappa shape index (κ3) is 5.01. The minimum atomic E-state index is -0.184. The smallest absolute Gasteiger partial charge is 0.273 e. The Hall–Kier alpha value is -1.99. The van der Waals surface area contributed by atoms with Gasteiger partial charge in [-0.2, -0.15) is 0 Å². The van der Waals surface area contributed by atoms with Crippen molar-refractivity contribution in [1.82, 2.24) is 25.6 Å². The maximum Gasteiger partial charge on any atom is 0.273 e. The predicted octanol–water partition coefficient (Wildman–Crippen LogP) is 2.22. The van der Waals surface area contributed by atoms with Crippen molar-refractivity contribution in [3.63, 3.8) is 0 Å². The number of thiophene rings is 1. The van der Waals surface area contributed by atoms with Crippen LogP contribution in [0.1, 0.15) is 34.6 Å². The van der Waals surface area contributed by atoms with Crippen LogP contribution < -0.4 is 10.6 Å². The molecule has 1 amide bonds. The molecule has 6 nitrogen and oxygen atoms in total. The summed E-state index contributed by atoms with van der Waals surface area (Å²) in [7, 11) is 0. The molecule has 0 saturated heterocycles. The summed E-state index contributed by atoms with van der Waals surface area (Å²) >= 11 is 1.62. The topological polar surface area (TPSA) is 71.8 Å². The number of allylic oxidation sites excluding steroid dienone is 2. The molecule has 128 valence electrons. The first-order valence-electron chi connectivity index (χ1n) is 8.37. The molecule has 0 fully saturated rings. The van der Waals surface area contributed by atoms with E-state index in [2.05, 4.69) is 33.1 Å². The minimum Gasteiger partial charge on any atom is -0.346 e. The summed E-state index contributed by atoms with van der Waals surface area (Å²) in [6.45, 7) is 3.11. The first kappa shape index (κ1) is 16.9. The van der Waals surface area contributed by atoms with E-state index in [1.54, 1.807) is 22.2 Å². The summed E-state index contributed by atoms with van der Waals surface area (Å²) in [6.07, 6.45) is 9.87. The second-order valence-electron chi connectivity index (χ2n) is 5.98. The fourth-order valence-corrected chi connectivity index (χ4v) is 3.37. The monoisotopic (exact) mass is 345 g/mol. The molecule has 1 aliphatic rings. The Labute approximate surface area is 146 Å². The van der Waals surface area contributed by atoms with Gasteiger partial charge in [-0.25, -0.2) is 0 Å². The highest BCUT2D eigenvalue weighted by Crippen LogP contribution is 2.16. The van der Waals surface area contributed by atoms with E-state index in [0.29, 0.717) is 18.8 Å². The molecular formula is C17H23N5OS. The first-order chi connectivity index (χ1) is 11.8. The average Bonchev–Trinajstić information content (AvgIpc) is 3.29. The van der Waals surface area contributed by atoms with Gasteiger partial charge >= 0.3 is 0 Å². The molecule has 0 saturated carbocycles. The van der Waals surface area contributed by atoms with Gasteiger partial charge in [0.15, 0.2) is 5.69 Å². The summed E-state index contributed by atoms with van der Waals surface area (Å²) in [4.78, 5) is 13.2. The van der Waals surface area contributed by atoms with Crippen molar-refractivity contribution in [2.45, 2.75) is 32.4 Å². The van der Waals surface area contributed by atoms with Crippen molar-refractivity contribution < 1.29 is 4.79 Å². The Balaban J connectivity index is 1.36. The number of aromatic nitrogens is 3. The molecule has 2 N–H and O–H groups in total. The van der Waals surface area contributed by atoms with E-state index >= 15 is 0 Å². The van der Waals surface area contributed by atoms with E-state index in [1.165, 1.54) is 19.3 Å². The summed E-state index contributed by atoms with van der Waals surface area (Å²) < 4.78 is 1.72.